The zero-order valence-corrected chi connectivity index (χ0v) is 12.2. The minimum Gasteiger partial charge on any atom is -0.352 e. The molecule has 1 unspecified atom stereocenters. The van der Waals surface area contributed by atoms with Crippen molar-refractivity contribution in [3.8, 4) is 0 Å². The molecule has 1 aromatic rings. The lowest BCUT2D eigenvalue weighted by Gasteiger charge is -2.16. The van der Waals surface area contributed by atoms with Gasteiger partial charge in [0, 0.05) is 17.3 Å². The number of hydrazine groups is 1. The summed E-state index contributed by atoms with van der Waals surface area (Å²) in [5.74, 6) is 5.11. The summed E-state index contributed by atoms with van der Waals surface area (Å²) in [7, 11) is 0. The van der Waals surface area contributed by atoms with Crippen molar-refractivity contribution in [3.63, 3.8) is 0 Å². The minimum absolute atomic E-state index is 0.0260. The van der Waals surface area contributed by atoms with Crippen LogP contribution in [-0.4, -0.2) is 28.9 Å². The lowest BCUT2D eigenvalue weighted by atomic mass is 10.2. The molecular weight excluding hydrogens is 258 g/mol. The van der Waals surface area contributed by atoms with E-state index in [9.17, 15) is 9.59 Å². The fourth-order valence-electron chi connectivity index (χ4n) is 1.63. The molecule has 2 amide bonds. The Kier molecular flexibility index (Phi) is 5.45. The van der Waals surface area contributed by atoms with Gasteiger partial charge in [0.15, 0.2) is 0 Å². The quantitative estimate of drug-likeness (QED) is 0.458. The lowest BCUT2D eigenvalue weighted by Crippen LogP contribution is -2.46. The van der Waals surface area contributed by atoms with Crippen LogP contribution in [0.15, 0.2) is 12.1 Å². The minimum atomic E-state index is -0.618. The number of nitrogens with two attached hydrogens (primary N) is 1. The predicted octanol–water partition coefficient (Wildman–Crippen LogP) is 0.319. The van der Waals surface area contributed by atoms with E-state index in [0.29, 0.717) is 17.1 Å². The third-order valence-electron chi connectivity index (χ3n) is 2.54. The number of nitrogens with zero attached hydrogens (tertiary/aromatic N) is 1. The Morgan fingerprint density at radius 1 is 1.20 bits per heavy atom. The molecule has 0 aliphatic carbocycles. The zero-order valence-electron chi connectivity index (χ0n) is 12.2. The monoisotopic (exact) mass is 279 g/mol. The van der Waals surface area contributed by atoms with Gasteiger partial charge >= 0.3 is 0 Å². The molecule has 1 rings (SSSR count). The van der Waals surface area contributed by atoms with Crippen molar-refractivity contribution in [2.75, 3.05) is 5.43 Å². The standard InChI is InChI=1S/C13H21N5O2/c1-7(2)15-12(19)9(4)17-13(20)10-5-8(3)16-11(6-10)18-14/h5-7,9H,14H2,1-4H3,(H,15,19)(H,16,18)(H,17,20). The summed E-state index contributed by atoms with van der Waals surface area (Å²) >= 11 is 0. The van der Waals surface area contributed by atoms with Gasteiger partial charge in [-0.3, -0.25) is 9.59 Å². The molecule has 0 saturated carbocycles. The molecule has 0 aliphatic rings. The Labute approximate surface area is 118 Å². The molecule has 0 radical (unpaired) electrons. The Morgan fingerprint density at radius 2 is 1.85 bits per heavy atom. The molecule has 5 N–H and O–H groups in total. The predicted molar refractivity (Wildman–Crippen MR) is 77.0 cm³/mol. The van der Waals surface area contributed by atoms with Crippen molar-refractivity contribution >= 4 is 17.6 Å². The molecule has 0 fully saturated rings. The van der Waals surface area contributed by atoms with Crippen molar-refractivity contribution < 1.29 is 9.59 Å². The first-order valence-corrected chi connectivity index (χ1v) is 6.40. The average molecular weight is 279 g/mol. The number of carbonyl (C=O) groups is 2. The molecular formula is C13H21N5O2. The number of pyridine rings is 1. The molecule has 0 saturated heterocycles. The fourth-order valence-corrected chi connectivity index (χ4v) is 1.63. The number of nitrogen functional groups attached to an aromatic ring is 1. The number of anilines is 1. The number of carbonyl (C=O) groups excluding carboxylic acids is 2. The van der Waals surface area contributed by atoms with Gasteiger partial charge in [-0.15, -0.1) is 0 Å². The summed E-state index contributed by atoms with van der Waals surface area (Å²) in [6, 6.07) is 2.56. The van der Waals surface area contributed by atoms with E-state index in [1.165, 1.54) is 6.07 Å². The van der Waals surface area contributed by atoms with Crippen LogP contribution in [0.4, 0.5) is 5.82 Å². The van der Waals surface area contributed by atoms with Gasteiger partial charge in [-0.25, -0.2) is 10.8 Å². The summed E-state index contributed by atoms with van der Waals surface area (Å²) in [5.41, 5.74) is 3.45. The summed E-state index contributed by atoms with van der Waals surface area (Å²) in [4.78, 5) is 27.9. The van der Waals surface area contributed by atoms with Crippen LogP contribution in [0.3, 0.4) is 0 Å². The number of aromatic nitrogens is 1. The first-order valence-electron chi connectivity index (χ1n) is 6.40. The average Bonchev–Trinajstić information content (AvgIpc) is 2.36. The highest BCUT2D eigenvalue weighted by atomic mass is 16.2. The first-order chi connectivity index (χ1) is 9.33. The lowest BCUT2D eigenvalue weighted by molar-refractivity contribution is -0.123. The van der Waals surface area contributed by atoms with Crippen molar-refractivity contribution in [3.05, 3.63) is 23.4 Å². The van der Waals surface area contributed by atoms with Crippen LogP contribution in [0, 0.1) is 6.92 Å². The number of nitrogens with one attached hydrogen (secondary N) is 3. The van der Waals surface area contributed by atoms with Crippen molar-refractivity contribution in [1.82, 2.24) is 15.6 Å². The molecule has 1 aromatic heterocycles. The third kappa shape index (κ3) is 4.51. The number of aryl methyl sites for hydroxylation is 1. The molecule has 7 nitrogen and oxygen atoms in total. The van der Waals surface area contributed by atoms with E-state index < -0.39 is 6.04 Å². The molecule has 0 spiro atoms. The number of amides is 2. The van der Waals surface area contributed by atoms with E-state index in [1.54, 1.807) is 19.9 Å². The Balaban J connectivity index is 2.76. The normalized spacial score (nSPS) is 11.9. The molecule has 20 heavy (non-hydrogen) atoms. The van der Waals surface area contributed by atoms with E-state index >= 15 is 0 Å². The van der Waals surface area contributed by atoms with Gasteiger partial charge in [0.2, 0.25) is 5.91 Å². The van der Waals surface area contributed by atoms with Crippen molar-refractivity contribution in [1.29, 1.82) is 0 Å². The number of hydrogen-bond donors (Lipinski definition) is 4. The van der Waals surface area contributed by atoms with Gasteiger partial charge in [-0.05, 0) is 39.8 Å². The molecule has 0 aliphatic heterocycles. The maximum absolute atomic E-state index is 12.1. The molecule has 110 valence electrons. The highest BCUT2D eigenvalue weighted by molar-refractivity contribution is 5.98. The van der Waals surface area contributed by atoms with E-state index in [-0.39, 0.29) is 17.9 Å². The maximum atomic E-state index is 12.1. The largest absolute Gasteiger partial charge is 0.352 e. The second-order valence-electron chi connectivity index (χ2n) is 4.89. The van der Waals surface area contributed by atoms with Crippen molar-refractivity contribution in [2.24, 2.45) is 5.84 Å². The van der Waals surface area contributed by atoms with Crippen LogP contribution in [0.25, 0.3) is 0 Å². The van der Waals surface area contributed by atoms with Crippen LogP contribution < -0.4 is 21.9 Å². The fraction of sp³-hybridized carbons (Fsp3) is 0.462. The second kappa shape index (κ2) is 6.85. The molecule has 0 aromatic carbocycles. The van der Waals surface area contributed by atoms with Crippen LogP contribution >= 0.6 is 0 Å². The maximum Gasteiger partial charge on any atom is 0.252 e. The van der Waals surface area contributed by atoms with Crippen molar-refractivity contribution in [2.45, 2.75) is 39.8 Å². The van der Waals surface area contributed by atoms with E-state index in [1.807, 2.05) is 13.8 Å². The molecule has 1 atom stereocenters. The highest BCUT2D eigenvalue weighted by Crippen LogP contribution is 2.09. The van der Waals surface area contributed by atoms with Gasteiger partial charge in [0.25, 0.3) is 5.91 Å². The molecule has 0 bridgehead atoms. The highest BCUT2D eigenvalue weighted by Gasteiger charge is 2.17. The Hall–Kier alpha value is -2.15. The molecule has 1 heterocycles. The number of hydrogen-bond acceptors (Lipinski definition) is 5. The van der Waals surface area contributed by atoms with Crippen LogP contribution in [0.1, 0.15) is 36.8 Å². The summed E-state index contributed by atoms with van der Waals surface area (Å²) in [6.07, 6.45) is 0. The van der Waals surface area contributed by atoms with Gasteiger partial charge in [-0.2, -0.15) is 0 Å². The van der Waals surface area contributed by atoms with E-state index in [2.05, 4.69) is 21.0 Å². The Bertz CT molecular complexity index is 502. The summed E-state index contributed by atoms with van der Waals surface area (Å²) < 4.78 is 0. The topological polar surface area (TPSA) is 109 Å². The van der Waals surface area contributed by atoms with Gasteiger partial charge in [0.1, 0.15) is 11.9 Å². The van der Waals surface area contributed by atoms with Crippen LogP contribution in [-0.2, 0) is 4.79 Å². The zero-order chi connectivity index (χ0) is 15.3. The van der Waals surface area contributed by atoms with Crippen LogP contribution in [0.5, 0.6) is 0 Å². The van der Waals surface area contributed by atoms with Gasteiger partial charge < -0.3 is 16.1 Å². The summed E-state index contributed by atoms with van der Waals surface area (Å²) in [6.45, 7) is 7.11. The molecule has 7 heteroatoms. The summed E-state index contributed by atoms with van der Waals surface area (Å²) in [5, 5.41) is 5.37. The van der Waals surface area contributed by atoms with E-state index in [0.717, 1.165) is 0 Å². The SMILES string of the molecule is Cc1cc(C(=O)NC(C)C(=O)NC(C)C)cc(NN)n1. The third-order valence-corrected chi connectivity index (χ3v) is 2.54. The van der Waals surface area contributed by atoms with Gasteiger partial charge in [0.05, 0.1) is 0 Å². The van der Waals surface area contributed by atoms with Gasteiger partial charge in [-0.1, -0.05) is 0 Å². The first kappa shape index (κ1) is 15.9. The van der Waals surface area contributed by atoms with E-state index in [4.69, 9.17) is 5.84 Å². The smallest absolute Gasteiger partial charge is 0.252 e. The Morgan fingerprint density at radius 3 is 2.40 bits per heavy atom. The van der Waals surface area contributed by atoms with Crippen LogP contribution in [0.2, 0.25) is 0 Å². The number of rotatable bonds is 5. The second-order valence-corrected chi connectivity index (χ2v) is 4.89.